The van der Waals surface area contributed by atoms with Gasteiger partial charge >= 0.3 is 0 Å². The number of hydrogen-bond acceptors (Lipinski definition) is 5. The van der Waals surface area contributed by atoms with Crippen molar-refractivity contribution in [1.82, 2.24) is 20.2 Å². The van der Waals surface area contributed by atoms with Crippen molar-refractivity contribution in [2.24, 2.45) is 7.05 Å². The van der Waals surface area contributed by atoms with Crippen LogP contribution in [0.2, 0.25) is 0 Å². The minimum Gasteiger partial charge on any atom is -0.294 e. The van der Waals surface area contributed by atoms with Gasteiger partial charge in [-0.05, 0) is 11.3 Å². The highest BCUT2D eigenvalue weighted by Crippen LogP contribution is 2.26. The lowest BCUT2D eigenvalue weighted by molar-refractivity contribution is 0.0992. The molecule has 1 aromatic carbocycles. The van der Waals surface area contributed by atoms with Crippen LogP contribution in [0.4, 0.5) is 0 Å². The molecule has 0 aliphatic carbocycles. The molecule has 3 rings (SSSR count). The van der Waals surface area contributed by atoms with E-state index in [9.17, 15) is 4.79 Å². The van der Waals surface area contributed by atoms with Crippen molar-refractivity contribution in [3.05, 3.63) is 41.0 Å². The Hall–Kier alpha value is -2.08. The second kappa shape index (κ2) is 4.30. The fourth-order valence-electron chi connectivity index (χ4n) is 1.83. The lowest BCUT2D eigenvalue weighted by Gasteiger charge is -1.95. The summed E-state index contributed by atoms with van der Waals surface area (Å²) in [4.78, 5) is 13.5. The van der Waals surface area contributed by atoms with Crippen LogP contribution in [0, 0.1) is 0 Å². The number of aryl methyl sites for hydroxylation is 1. The molecule has 0 saturated carbocycles. The van der Waals surface area contributed by atoms with Crippen LogP contribution in [0.15, 0.2) is 29.6 Å². The molecule has 0 atom stereocenters. The highest BCUT2D eigenvalue weighted by Gasteiger charge is 2.14. The Morgan fingerprint density at radius 2 is 2.22 bits per heavy atom. The molecule has 0 aliphatic heterocycles. The van der Waals surface area contributed by atoms with Crippen molar-refractivity contribution in [1.29, 1.82) is 0 Å². The summed E-state index contributed by atoms with van der Waals surface area (Å²) in [5.74, 6) is 0.484. The highest BCUT2D eigenvalue weighted by atomic mass is 32.1. The fourth-order valence-corrected chi connectivity index (χ4v) is 2.79. The number of hydrogen-bond donors (Lipinski definition) is 0. The number of Topliss-reactive ketones (excluding diaryl/α,β-unsaturated/α-hetero) is 1. The number of tetrazole rings is 1. The van der Waals surface area contributed by atoms with Crippen molar-refractivity contribution in [2.75, 3.05) is 0 Å². The van der Waals surface area contributed by atoms with Crippen LogP contribution in [0.1, 0.15) is 16.2 Å². The number of ketones is 1. The molecule has 2 aromatic heterocycles. The Morgan fingerprint density at radius 1 is 1.39 bits per heavy atom. The third kappa shape index (κ3) is 1.91. The molecule has 0 spiro atoms. The largest absolute Gasteiger partial charge is 0.294 e. The second-order valence-corrected chi connectivity index (χ2v) is 4.85. The number of carbonyl (C=O) groups excluding carboxylic acids is 1. The van der Waals surface area contributed by atoms with E-state index in [-0.39, 0.29) is 12.2 Å². The summed E-state index contributed by atoms with van der Waals surface area (Å²) in [5.41, 5.74) is 0.739. The van der Waals surface area contributed by atoms with E-state index in [4.69, 9.17) is 0 Å². The molecule has 0 saturated heterocycles. The summed E-state index contributed by atoms with van der Waals surface area (Å²) < 4.78 is 1.12. The van der Waals surface area contributed by atoms with Gasteiger partial charge in [0.25, 0.3) is 0 Å². The Bertz CT molecular complexity index is 716. The predicted molar refractivity (Wildman–Crippen MR) is 68.7 cm³/mol. The van der Waals surface area contributed by atoms with Crippen molar-refractivity contribution in [3.8, 4) is 0 Å². The minimum absolute atomic E-state index is 0.0282. The maximum Gasteiger partial charge on any atom is 0.182 e. The van der Waals surface area contributed by atoms with Crippen LogP contribution in [0.25, 0.3) is 10.1 Å². The first kappa shape index (κ1) is 11.0. The highest BCUT2D eigenvalue weighted by molar-refractivity contribution is 7.17. The standard InChI is InChI=1S/C12H10N4OS/c1-16-14-12(13-15-16)6-10(17)9-7-18-11-5-3-2-4-8(9)11/h2-5,7H,6H2,1H3. The first-order chi connectivity index (χ1) is 8.74. The van der Waals surface area contributed by atoms with Gasteiger partial charge < -0.3 is 0 Å². The number of rotatable bonds is 3. The van der Waals surface area contributed by atoms with Crippen LogP contribution in [0.5, 0.6) is 0 Å². The third-order valence-electron chi connectivity index (χ3n) is 2.65. The van der Waals surface area contributed by atoms with E-state index in [0.717, 1.165) is 15.6 Å². The lowest BCUT2D eigenvalue weighted by Crippen LogP contribution is -2.04. The van der Waals surface area contributed by atoms with Crippen molar-refractivity contribution in [3.63, 3.8) is 0 Å². The first-order valence-corrected chi connectivity index (χ1v) is 6.34. The van der Waals surface area contributed by atoms with E-state index in [2.05, 4.69) is 15.4 Å². The Labute approximate surface area is 107 Å². The van der Waals surface area contributed by atoms with E-state index in [0.29, 0.717) is 5.82 Å². The maximum absolute atomic E-state index is 12.2. The number of nitrogens with zero attached hydrogens (tertiary/aromatic N) is 4. The molecule has 0 aliphatic rings. The molecule has 0 unspecified atom stereocenters. The molecule has 2 heterocycles. The molecule has 0 fully saturated rings. The zero-order valence-corrected chi connectivity index (χ0v) is 10.5. The average molecular weight is 258 g/mol. The van der Waals surface area contributed by atoms with Crippen LogP contribution in [0.3, 0.4) is 0 Å². The van der Waals surface area contributed by atoms with E-state index >= 15 is 0 Å². The van der Waals surface area contributed by atoms with Gasteiger partial charge in [0, 0.05) is 21.0 Å². The Kier molecular flexibility index (Phi) is 2.64. The summed E-state index contributed by atoms with van der Waals surface area (Å²) in [7, 11) is 1.68. The van der Waals surface area contributed by atoms with Gasteiger partial charge in [-0.1, -0.05) is 18.2 Å². The number of benzene rings is 1. The van der Waals surface area contributed by atoms with Gasteiger partial charge in [0.1, 0.15) is 0 Å². The van der Waals surface area contributed by atoms with Gasteiger partial charge in [0.2, 0.25) is 0 Å². The topological polar surface area (TPSA) is 60.7 Å². The molecule has 0 amide bonds. The van der Waals surface area contributed by atoms with Crippen LogP contribution in [-0.4, -0.2) is 26.0 Å². The molecular weight excluding hydrogens is 248 g/mol. The molecule has 18 heavy (non-hydrogen) atoms. The summed E-state index contributed by atoms with van der Waals surface area (Å²) in [5, 5.41) is 14.5. The number of aromatic nitrogens is 4. The molecular formula is C12H10N4OS. The van der Waals surface area contributed by atoms with Gasteiger partial charge in [-0.2, -0.15) is 4.80 Å². The SMILES string of the molecule is Cn1nnc(CC(=O)c2csc3ccccc23)n1. The van der Waals surface area contributed by atoms with Gasteiger partial charge in [-0.15, -0.1) is 21.5 Å². The van der Waals surface area contributed by atoms with Crippen LogP contribution < -0.4 is 0 Å². The normalized spacial score (nSPS) is 10.9. The van der Waals surface area contributed by atoms with Gasteiger partial charge in [0.05, 0.1) is 13.5 Å². The zero-order valence-electron chi connectivity index (χ0n) is 9.70. The second-order valence-electron chi connectivity index (χ2n) is 3.94. The average Bonchev–Trinajstić information content (AvgIpc) is 2.95. The fraction of sp³-hybridized carbons (Fsp3) is 0.167. The Morgan fingerprint density at radius 3 is 3.00 bits per heavy atom. The third-order valence-corrected chi connectivity index (χ3v) is 3.61. The minimum atomic E-state index is 0.0282. The summed E-state index contributed by atoms with van der Waals surface area (Å²) in [6.45, 7) is 0. The van der Waals surface area contributed by atoms with E-state index in [1.807, 2.05) is 29.6 Å². The summed E-state index contributed by atoms with van der Waals surface area (Å²) >= 11 is 1.58. The van der Waals surface area contributed by atoms with E-state index in [1.165, 1.54) is 4.80 Å². The number of thiophene rings is 1. The molecule has 5 nitrogen and oxygen atoms in total. The summed E-state index contributed by atoms with van der Waals surface area (Å²) in [6, 6.07) is 7.88. The molecule has 0 N–H and O–H groups in total. The van der Waals surface area contributed by atoms with Gasteiger partial charge in [-0.25, -0.2) is 0 Å². The molecule has 0 radical (unpaired) electrons. The van der Waals surface area contributed by atoms with E-state index in [1.54, 1.807) is 18.4 Å². The maximum atomic E-state index is 12.2. The van der Waals surface area contributed by atoms with Crippen LogP contribution in [-0.2, 0) is 13.5 Å². The van der Waals surface area contributed by atoms with E-state index < -0.39 is 0 Å². The Balaban J connectivity index is 1.92. The molecule has 3 aromatic rings. The van der Waals surface area contributed by atoms with Crippen molar-refractivity contribution < 1.29 is 4.79 Å². The molecule has 0 bridgehead atoms. The first-order valence-electron chi connectivity index (χ1n) is 5.46. The molecule has 90 valence electrons. The molecule has 6 heteroatoms. The van der Waals surface area contributed by atoms with Gasteiger partial charge in [-0.3, -0.25) is 4.79 Å². The quantitative estimate of drug-likeness (QED) is 0.673. The summed E-state index contributed by atoms with van der Waals surface area (Å²) in [6.07, 6.45) is 0.189. The zero-order chi connectivity index (χ0) is 12.5. The van der Waals surface area contributed by atoms with Crippen LogP contribution >= 0.6 is 11.3 Å². The van der Waals surface area contributed by atoms with Crippen molar-refractivity contribution >= 4 is 27.2 Å². The number of fused-ring (bicyclic) bond motifs is 1. The smallest absolute Gasteiger partial charge is 0.182 e. The van der Waals surface area contributed by atoms with Crippen molar-refractivity contribution in [2.45, 2.75) is 6.42 Å². The monoisotopic (exact) mass is 258 g/mol. The number of carbonyl (C=O) groups is 1. The predicted octanol–water partition coefficient (Wildman–Crippen LogP) is 1.85. The van der Waals surface area contributed by atoms with Gasteiger partial charge in [0.15, 0.2) is 11.6 Å². The lowest BCUT2D eigenvalue weighted by atomic mass is 10.1.